The van der Waals surface area contributed by atoms with Crippen LogP contribution in [-0.4, -0.2) is 6.54 Å². The second-order valence-corrected chi connectivity index (χ2v) is 3.64. The fraction of sp³-hybridized carbons (Fsp3) is 0.429. The molecule has 0 fully saturated rings. The molecule has 48 valence electrons. The van der Waals surface area contributed by atoms with Gasteiger partial charge in [0, 0.05) is 11.4 Å². The Balaban J connectivity index is 2.51. The van der Waals surface area contributed by atoms with Crippen LogP contribution in [0.1, 0.15) is 10.4 Å². The largest absolute Gasteiger partial charge is 0.376 e. The van der Waals surface area contributed by atoms with Crippen molar-refractivity contribution < 1.29 is 0 Å². The Kier molecular flexibility index (Phi) is 1.02. The number of hydrogen-bond donors (Lipinski definition) is 1. The summed E-state index contributed by atoms with van der Waals surface area (Å²) in [7, 11) is 0. The van der Waals surface area contributed by atoms with E-state index in [0.717, 1.165) is 6.54 Å². The van der Waals surface area contributed by atoms with Crippen molar-refractivity contribution >= 4 is 16.3 Å². The van der Waals surface area contributed by atoms with Crippen molar-refractivity contribution in [2.45, 2.75) is 13.3 Å². The van der Waals surface area contributed by atoms with E-state index < -0.39 is 0 Å². The quantitative estimate of drug-likeness (QED) is 0.580. The van der Waals surface area contributed by atoms with E-state index in [1.807, 2.05) is 11.3 Å². The number of hydrogen-bond acceptors (Lipinski definition) is 2. The lowest BCUT2D eigenvalue weighted by molar-refractivity contribution is 1.10. The summed E-state index contributed by atoms with van der Waals surface area (Å²) < 4.78 is 0. The summed E-state index contributed by atoms with van der Waals surface area (Å²) in [6, 6.07) is 2.28. The molecular weight excluding hydrogens is 130 g/mol. The molecule has 0 amide bonds. The first-order valence-electron chi connectivity index (χ1n) is 3.19. The summed E-state index contributed by atoms with van der Waals surface area (Å²) in [4.78, 5) is 1.42. The van der Waals surface area contributed by atoms with Gasteiger partial charge in [-0.25, -0.2) is 0 Å². The monoisotopic (exact) mass is 139 g/mol. The lowest BCUT2D eigenvalue weighted by atomic mass is 10.2. The maximum Gasteiger partial charge on any atom is 0.0918 e. The highest BCUT2D eigenvalue weighted by Crippen LogP contribution is 2.31. The molecule has 0 saturated heterocycles. The number of rotatable bonds is 0. The maximum atomic E-state index is 3.34. The van der Waals surface area contributed by atoms with Crippen molar-refractivity contribution in [3.63, 3.8) is 0 Å². The van der Waals surface area contributed by atoms with Crippen LogP contribution >= 0.6 is 11.3 Å². The van der Waals surface area contributed by atoms with Gasteiger partial charge in [0.1, 0.15) is 0 Å². The summed E-state index contributed by atoms with van der Waals surface area (Å²) in [5.74, 6) is 0. The molecule has 1 aromatic heterocycles. The summed E-state index contributed by atoms with van der Waals surface area (Å²) in [6.45, 7) is 3.30. The molecule has 0 unspecified atom stereocenters. The number of nitrogens with one attached hydrogen (secondary N) is 1. The van der Waals surface area contributed by atoms with E-state index in [0.29, 0.717) is 0 Å². The van der Waals surface area contributed by atoms with E-state index in [2.05, 4.69) is 18.3 Å². The van der Waals surface area contributed by atoms with Crippen LogP contribution in [0.4, 0.5) is 5.00 Å². The molecule has 2 rings (SSSR count). The van der Waals surface area contributed by atoms with Crippen molar-refractivity contribution in [3.05, 3.63) is 16.5 Å². The smallest absolute Gasteiger partial charge is 0.0918 e. The molecule has 2 heterocycles. The van der Waals surface area contributed by atoms with Crippen LogP contribution in [0.25, 0.3) is 0 Å². The molecule has 0 saturated carbocycles. The number of fused-ring (bicyclic) bond motifs is 1. The first-order chi connectivity index (χ1) is 4.36. The second kappa shape index (κ2) is 1.74. The van der Waals surface area contributed by atoms with Crippen LogP contribution in [-0.2, 0) is 6.42 Å². The molecular formula is C7H9NS. The molecule has 0 aromatic carbocycles. The van der Waals surface area contributed by atoms with E-state index in [9.17, 15) is 0 Å². The zero-order valence-corrected chi connectivity index (χ0v) is 6.22. The van der Waals surface area contributed by atoms with Gasteiger partial charge in [-0.15, -0.1) is 11.3 Å². The third-order valence-electron chi connectivity index (χ3n) is 1.61. The van der Waals surface area contributed by atoms with Gasteiger partial charge in [-0.2, -0.15) is 0 Å². The molecule has 1 aromatic rings. The number of thiophene rings is 1. The third-order valence-corrected chi connectivity index (χ3v) is 2.66. The molecule has 0 radical (unpaired) electrons. The molecule has 0 aliphatic carbocycles. The molecule has 0 bridgehead atoms. The third kappa shape index (κ3) is 0.741. The second-order valence-electron chi connectivity index (χ2n) is 2.39. The zero-order valence-electron chi connectivity index (χ0n) is 5.40. The van der Waals surface area contributed by atoms with Gasteiger partial charge in [-0.1, -0.05) is 0 Å². The highest BCUT2D eigenvalue weighted by Gasteiger charge is 2.11. The molecule has 0 atom stereocenters. The van der Waals surface area contributed by atoms with Gasteiger partial charge in [0.2, 0.25) is 0 Å². The SMILES string of the molecule is Cc1cc2c(s1)NCC2. The minimum absolute atomic E-state index is 1.14. The molecule has 1 aliphatic heterocycles. The van der Waals surface area contributed by atoms with Crippen LogP contribution in [0.5, 0.6) is 0 Å². The Morgan fingerprint density at radius 1 is 1.67 bits per heavy atom. The molecule has 1 nitrogen and oxygen atoms in total. The Hall–Kier alpha value is -0.500. The summed E-state index contributed by atoms with van der Waals surface area (Å²) >= 11 is 1.87. The van der Waals surface area contributed by atoms with E-state index in [1.54, 1.807) is 0 Å². The van der Waals surface area contributed by atoms with Gasteiger partial charge in [0.15, 0.2) is 0 Å². The van der Waals surface area contributed by atoms with Crippen LogP contribution < -0.4 is 5.32 Å². The van der Waals surface area contributed by atoms with Crippen LogP contribution in [0.3, 0.4) is 0 Å². The Morgan fingerprint density at radius 3 is 3.33 bits per heavy atom. The topological polar surface area (TPSA) is 12.0 Å². The zero-order chi connectivity index (χ0) is 6.27. The first kappa shape index (κ1) is 5.30. The van der Waals surface area contributed by atoms with Gasteiger partial charge < -0.3 is 5.32 Å². The van der Waals surface area contributed by atoms with Crippen molar-refractivity contribution in [2.24, 2.45) is 0 Å². The lowest BCUT2D eigenvalue weighted by Gasteiger charge is -1.87. The summed E-state index contributed by atoms with van der Waals surface area (Å²) in [5, 5.41) is 4.74. The standard InChI is InChI=1S/C7H9NS/c1-5-4-6-2-3-8-7(6)9-5/h4,8H,2-3H2,1H3. The average Bonchev–Trinajstić information content (AvgIpc) is 2.22. The van der Waals surface area contributed by atoms with Crippen molar-refractivity contribution in [1.29, 1.82) is 0 Å². The van der Waals surface area contributed by atoms with Crippen LogP contribution in [0.15, 0.2) is 6.07 Å². The van der Waals surface area contributed by atoms with Gasteiger partial charge in [0.05, 0.1) is 5.00 Å². The predicted molar refractivity (Wildman–Crippen MR) is 41.2 cm³/mol. The van der Waals surface area contributed by atoms with Gasteiger partial charge >= 0.3 is 0 Å². The molecule has 0 spiro atoms. The first-order valence-corrected chi connectivity index (χ1v) is 4.01. The van der Waals surface area contributed by atoms with E-state index in [4.69, 9.17) is 0 Å². The fourth-order valence-electron chi connectivity index (χ4n) is 1.21. The number of aryl methyl sites for hydroxylation is 1. The van der Waals surface area contributed by atoms with Gasteiger partial charge in [-0.05, 0) is 25.0 Å². The molecule has 1 N–H and O–H groups in total. The molecule has 1 aliphatic rings. The maximum absolute atomic E-state index is 3.34. The van der Waals surface area contributed by atoms with Crippen molar-refractivity contribution in [2.75, 3.05) is 11.9 Å². The summed E-state index contributed by atoms with van der Waals surface area (Å²) in [5.41, 5.74) is 1.51. The molecule has 2 heteroatoms. The fourth-order valence-corrected chi connectivity index (χ4v) is 2.20. The Labute approximate surface area is 58.7 Å². The Morgan fingerprint density at radius 2 is 2.56 bits per heavy atom. The highest BCUT2D eigenvalue weighted by atomic mass is 32.1. The normalized spacial score (nSPS) is 15.2. The van der Waals surface area contributed by atoms with Crippen molar-refractivity contribution in [3.8, 4) is 0 Å². The van der Waals surface area contributed by atoms with Crippen LogP contribution in [0, 0.1) is 6.92 Å². The van der Waals surface area contributed by atoms with Gasteiger partial charge in [-0.3, -0.25) is 0 Å². The highest BCUT2D eigenvalue weighted by molar-refractivity contribution is 7.16. The lowest BCUT2D eigenvalue weighted by Crippen LogP contribution is -1.90. The Bertz CT molecular complexity index is 205. The van der Waals surface area contributed by atoms with Crippen molar-refractivity contribution in [1.82, 2.24) is 0 Å². The summed E-state index contributed by atoms with van der Waals surface area (Å²) in [6.07, 6.45) is 1.22. The van der Waals surface area contributed by atoms with E-state index >= 15 is 0 Å². The van der Waals surface area contributed by atoms with E-state index in [1.165, 1.54) is 21.9 Å². The minimum Gasteiger partial charge on any atom is -0.376 e. The predicted octanol–water partition coefficient (Wildman–Crippen LogP) is 2.02. The van der Waals surface area contributed by atoms with E-state index in [-0.39, 0.29) is 0 Å². The average molecular weight is 139 g/mol. The van der Waals surface area contributed by atoms with Crippen LogP contribution in [0.2, 0.25) is 0 Å². The number of anilines is 1. The minimum atomic E-state index is 1.14. The van der Waals surface area contributed by atoms with Gasteiger partial charge in [0.25, 0.3) is 0 Å². The molecule has 9 heavy (non-hydrogen) atoms.